The Bertz CT molecular complexity index is 1980. The largest absolute Gasteiger partial charge is 0.311 e. The van der Waals surface area contributed by atoms with Crippen molar-refractivity contribution in [3.05, 3.63) is 125 Å². The van der Waals surface area contributed by atoms with Crippen LogP contribution >= 0.6 is 11.3 Å². The summed E-state index contributed by atoms with van der Waals surface area (Å²) in [7, 11) is 1.68. The molecule has 0 radical (unpaired) electrons. The van der Waals surface area contributed by atoms with E-state index in [9.17, 15) is 14.9 Å². The minimum Gasteiger partial charge on any atom is -0.311 e. The molecule has 0 aliphatic heterocycles. The molecule has 10 heteroatoms. The Hall–Kier alpha value is -5.66. The molecule has 43 heavy (non-hydrogen) atoms. The molecule has 6 rings (SSSR count). The number of nitrogens with one attached hydrogen (secondary N) is 1. The number of thiophene rings is 1. The number of carbonyl (C=O) groups is 2. The standard InChI is InChI=1S/C33H25N7O2S/c1-39(32(42)25-6-2-4-23(18-25)20-34)26-7-8-28-27(19-26)37-33(40(28)17-13-22-5-3-14-36-21-22)38-31(41)30-10-9-29(43-30)24-11-15-35-16-12-24/h2-12,14-16,18-19,21H,13,17H2,1H3,(H,37,38,41). The van der Waals surface area contributed by atoms with Crippen LogP contribution in [0.25, 0.3) is 21.5 Å². The van der Waals surface area contributed by atoms with Crippen LogP contribution in [0.4, 0.5) is 11.6 Å². The van der Waals surface area contributed by atoms with E-state index in [2.05, 4.69) is 21.4 Å². The predicted molar refractivity (Wildman–Crippen MR) is 167 cm³/mol. The summed E-state index contributed by atoms with van der Waals surface area (Å²) in [5.41, 5.74) is 4.97. The molecule has 9 nitrogen and oxygen atoms in total. The lowest BCUT2D eigenvalue weighted by Gasteiger charge is -2.17. The van der Waals surface area contributed by atoms with Crippen LogP contribution in [0.1, 0.15) is 31.2 Å². The number of benzene rings is 2. The molecule has 0 spiro atoms. The normalized spacial score (nSPS) is 10.8. The number of nitriles is 1. The summed E-state index contributed by atoms with van der Waals surface area (Å²) in [6.45, 7) is 0.555. The van der Waals surface area contributed by atoms with Crippen molar-refractivity contribution in [1.29, 1.82) is 5.26 Å². The number of nitrogens with zero attached hydrogens (tertiary/aromatic N) is 6. The van der Waals surface area contributed by atoms with Crippen molar-refractivity contribution in [1.82, 2.24) is 19.5 Å². The fourth-order valence-electron chi connectivity index (χ4n) is 4.76. The van der Waals surface area contributed by atoms with E-state index < -0.39 is 0 Å². The molecule has 1 N–H and O–H groups in total. The van der Waals surface area contributed by atoms with E-state index in [1.54, 1.807) is 56.0 Å². The van der Waals surface area contributed by atoms with Crippen molar-refractivity contribution in [2.75, 3.05) is 17.3 Å². The maximum atomic E-state index is 13.4. The predicted octanol–water partition coefficient (Wildman–Crippen LogP) is 6.20. The number of amides is 2. The highest BCUT2D eigenvalue weighted by Gasteiger charge is 2.19. The molecular formula is C33H25N7O2S. The monoisotopic (exact) mass is 583 g/mol. The van der Waals surface area contributed by atoms with Gasteiger partial charge >= 0.3 is 0 Å². The van der Waals surface area contributed by atoms with Gasteiger partial charge in [0, 0.05) is 54.5 Å². The molecule has 4 aromatic heterocycles. The first-order valence-electron chi connectivity index (χ1n) is 13.5. The summed E-state index contributed by atoms with van der Waals surface area (Å²) in [5.74, 6) is -0.0904. The number of aryl methyl sites for hydroxylation is 2. The van der Waals surface area contributed by atoms with Gasteiger partial charge in [-0.15, -0.1) is 11.3 Å². The van der Waals surface area contributed by atoms with Gasteiger partial charge in [-0.1, -0.05) is 12.1 Å². The van der Waals surface area contributed by atoms with Crippen LogP contribution in [-0.4, -0.2) is 38.4 Å². The van der Waals surface area contributed by atoms with Gasteiger partial charge in [0.05, 0.1) is 27.5 Å². The molecule has 6 aromatic rings. The fraction of sp³-hybridized carbons (Fsp3) is 0.0909. The first kappa shape index (κ1) is 27.5. The molecule has 0 unspecified atom stereocenters. The van der Waals surface area contributed by atoms with Gasteiger partial charge in [-0.25, -0.2) is 4.98 Å². The molecule has 0 saturated carbocycles. The molecular weight excluding hydrogens is 558 g/mol. The highest BCUT2D eigenvalue weighted by Crippen LogP contribution is 2.30. The Balaban J connectivity index is 1.31. The van der Waals surface area contributed by atoms with E-state index in [-0.39, 0.29) is 11.8 Å². The SMILES string of the molecule is CN(C(=O)c1cccc(C#N)c1)c1ccc2c(c1)nc(NC(=O)c1ccc(-c3ccncc3)s1)n2CCc1cccnc1. The number of imidazole rings is 1. The zero-order chi connectivity index (χ0) is 29.8. The minimum atomic E-state index is -0.256. The lowest BCUT2D eigenvalue weighted by molar-refractivity contribution is 0.0991. The van der Waals surface area contributed by atoms with Crippen LogP contribution in [-0.2, 0) is 13.0 Å². The summed E-state index contributed by atoms with van der Waals surface area (Å²) < 4.78 is 1.97. The molecule has 0 aliphatic carbocycles. The molecule has 0 aliphatic rings. The second-order valence-electron chi connectivity index (χ2n) is 9.78. The topological polar surface area (TPSA) is 117 Å². The van der Waals surface area contributed by atoms with Crippen molar-refractivity contribution >= 4 is 45.8 Å². The van der Waals surface area contributed by atoms with Gasteiger partial charge in [0.15, 0.2) is 0 Å². The van der Waals surface area contributed by atoms with Gasteiger partial charge in [0.1, 0.15) is 0 Å². The van der Waals surface area contributed by atoms with Crippen LogP contribution in [0.15, 0.2) is 104 Å². The summed E-state index contributed by atoms with van der Waals surface area (Å²) in [5, 5.41) is 12.2. The number of fused-ring (bicyclic) bond motifs is 1. The van der Waals surface area contributed by atoms with Crippen LogP contribution in [0, 0.1) is 11.3 Å². The molecule has 210 valence electrons. The molecule has 0 bridgehead atoms. The van der Waals surface area contributed by atoms with Crippen molar-refractivity contribution in [2.45, 2.75) is 13.0 Å². The number of rotatable bonds is 8. The summed E-state index contributed by atoms with van der Waals surface area (Å²) in [6, 6.07) is 25.7. The van der Waals surface area contributed by atoms with E-state index in [1.807, 2.05) is 59.3 Å². The Morgan fingerprint density at radius 2 is 1.84 bits per heavy atom. The highest BCUT2D eigenvalue weighted by atomic mass is 32.1. The number of pyridine rings is 2. The third-order valence-electron chi connectivity index (χ3n) is 7.03. The Morgan fingerprint density at radius 3 is 2.63 bits per heavy atom. The number of hydrogen-bond donors (Lipinski definition) is 1. The van der Waals surface area contributed by atoms with E-state index >= 15 is 0 Å². The third-order valence-corrected chi connectivity index (χ3v) is 8.16. The maximum absolute atomic E-state index is 13.4. The summed E-state index contributed by atoms with van der Waals surface area (Å²) >= 11 is 1.40. The molecule has 0 atom stereocenters. The lowest BCUT2D eigenvalue weighted by atomic mass is 10.1. The van der Waals surface area contributed by atoms with E-state index in [0.717, 1.165) is 21.5 Å². The Morgan fingerprint density at radius 1 is 0.977 bits per heavy atom. The molecule has 2 amide bonds. The second kappa shape index (κ2) is 12.1. The zero-order valence-electron chi connectivity index (χ0n) is 23.1. The number of hydrogen-bond acceptors (Lipinski definition) is 7. The van der Waals surface area contributed by atoms with Gasteiger partial charge < -0.3 is 9.47 Å². The van der Waals surface area contributed by atoms with Gasteiger partial charge in [-0.05, 0) is 84.3 Å². The number of carbonyl (C=O) groups excluding carboxylic acids is 2. The van der Waals surface area contributed by atoms with E-state index in [0.29, 0.717) is 46.1 Å². The quantitative estimate of drug-likeness (QED) is 0.228. The van der Waals surface area contributed by atoms with Crippen molar-refractivity contribution < 1.29 is 9.59 Å². The first-order valence-corrected chi connectivity index (χ1v) is 14.3. The van der Waals surface area contributed by atoms with E-state index in [1.165, 1.54) is 16.2 Å². The third kappa shape index (κ3) is 5.88. The molecule has 4 heterocycles. The maximum Gasteiger partial charge on any atom is 0.268 e. The number of aromatic nitrogens is 4. The Kier molecular flexibility index (Phi) is 7.72. The smallest absolute Gasteiger partial charge is 0.268 e. The second-order valence-corrected chi connectivity index (χ2v) is 10.9. The molecule has 2 aromatic carbocycles. The number of anilines is 2. The zero-order valence-corrected chi connectivity index (χ0v) is 24.0. The van der Waals surface area contributed by atoms with Gasteiger partial charge in [0.25, 0.3) is 11.8 Å². The summed E-state index contributed by atoms with van der Waals surface area (Å²) in [4.78, 5) is 42.7. The van der Waals surface area contributed by atoms with Crippen LogP contribution in [0.3, 0.4) is 0 Å². The average Bonchev–Trinajstić information content (AvgIpc) is 3.69. The van der Waals surface area contributed by atoms with E-state index in [4.69, 9.17) is 4.98 Å². The fourth-order valence-corrected chi connectivity index (χ4v) is 5.67. The van der Waals surface area contributed by atoms with Crippen LogP contribution in [0.2, 0.25) is 0 Å². The van der Waals surface area contributed by atoms with Gasteiger partial charge in [-0.2, -0.15) is 5.26 Å². The average molecular weight is 584 g/mol. The summed E-state index contributed by atoms with van der Waals surface area (Å²) in [6.07, 6.45) is 7.69. The first-order chi connectivity index (χ1) is 21.0. The van der Waals surface area contributed by atoms with Crippen molar-refractivity contribution in [3.63, 3.8) is 0 Å². The van der Waals surface area contributed by atoms with Crippen LogP contribution < -0.4 is 10.2 Å². The minimum absolute atomic E-state index is 0.247. The van der Waals surface area contributed by atoms with Crippen LogP contribution in [0.5, 0.6) is 0 Å². The highest BCUT2D eigenvalue weighted by molar-refractivity contribution is 7.17. The molecule has 0 saturated heterocycles. The van der Waals surface area contributed by atoms with Crippen molar-refractivity contribution in [3.8, 4) is 16.5 Å². The Labute approximate surface area is 251 Å². The van der Waals surface area contributed by atoms with Gasteiger partial charge in [-0.3, -0.25) is 24.9 Å². The van der Waals surface area contributed by atoms with Gasteiger partial charge in [0.2, 0.25) is 5.95 Å². The lowest BCUT2D eigenvalue weighted by Crippen LogP contribution is -2.26. The van der Waals surface area contributed by atoms with Crippen molar-refractivity contribution in [2.24, 2.45) is 0 Å². The molecule has 0 fully saturated rings.